The lowest BCUT2D eigenvalue weighted by atomic mass is 9.96. The first-order valence-electron chi connectivity index (χ1n) is 9.90. The first-order chi connectivity index (χ1) is 15.2. The molecule has 1 aromatic heterocycles. The molecule has 3 aromatic rings. The number of aryl methyl sites for hydroxylation is 1. The van der Waals surface area contributed by atoms with Crippen molar-refractivity contribution >= 4 is 44.8 Å². The number of amides is 1. The molecule has 32 heavy (non-hydrogen) atoms. The van der Waals surface area contributed by atoms with E-state index in [0.717, 1.165) is 12.8 Å². The van der Waals surface area contributed by atoms with Gasteiger partial charge in [0, 0.05) is 18.2 Å². The van der Waals surface area contributed by atoms with E-state index in [9.17, 15) is 13.2 Å². The second-order valence-electron chi connectivity index (χ2n) is 7.64. The van der Waals surface area contributed by atoms with Gasteiger partial charge in [-0.2, -0.15) is 4.98 Å². The van der Waals surface area contributed by atoms with Crippen molar-refractivity contribution in [3.05, 3.63) is 69.8 Å². The third kappa shape index (κ3) is 4.60. The Morgan fingerprint density at radius 3 is 2.50 bits per heavy atom. The lowest BCUT2D eigenvalue weighted by Gasteiger charge is -2.26. The van der Waals surface area contributed by atoms with Crippen LogP contribution in [0.25, 0.3) is 0 Å². The van der Waals surface area contributed by atoms with Crippen LogP contribution in [0.3, 0.4) is 0 Å². The quantitative estimate of drug-likeness (QED) is 0.513. The maximum atomic E-state index is 13.0. The summed E-state index contributed by atoms with van der Waals surface area (Å²) in [5, 5.41) is 7.44. The van der Waals surface area contributed by atoms with Crippen LogP contribution in [0.2, 0.25) is 10.0 Å². The van der Waals surface area contributed by atoms with Crippen LogP contribution in [0.15, 0.2) is 51.9 Å². The average Bonchev–Trinajstić information content (AvgIpc) is 3.40. The number of aromatic nitrogens is 2. The summed E-state index contributed by atoms with van der Waals surface area (Å²) in [6, 6.07) is 10.2. The molecule has 1 saturated carbocycles. The molecular formula is C21H20Cl2N4O4S. The Kier molecular flexibility index (Phi) is 6.15. The van der Waals surface area contributed by atoms with Crippen molar-refractivity contribution in [3.63, 3.8) is 0 Å². The SMILES string of the molecule is Cc1nc(C2(NC(=O)c3cccc(NS(=O)(=O)c4ccc(Cl)c(Cl)c4)c3)CCCC2)no1. The smallest absolute Gasteiger partial charge is 0.261 e. The highest BCUT2D eigenvalue weighted by atomic mass is 35.5. The Bertz CT molecular complexity index is 1270. The second kappa shape index (κ2) is 8.73. The van der Waals surface area contributed by atoms with E-state index in [-0.39, 0.29) is 26.5 Å². The van der Waals surface area contributed by atoms with E-state index in [1.807, 2.05) is 0 Å². The first-order valence-corrected chi connectivity index (χ1v) is 12.1. The van der Waals surface area contributed by atoms with Crippen LogP contribution in [0.1, 0.15) is 47.8 Å². The highest BCUT2D eigenvalue weighted by molar-refractivity contribution is 7.92. The van der Waals surface area contributed by atoms with Crippen molar-refractivity contribution in [2.24, 2.45) is 0 Å². The molecule has 0 saturated heterocycles. The van der Waals surface area contributed by atoms with Crippen LogP contribution in [0, 0.1) is 6.92 Å². The number of hydrogen-bond donors (Lipinski definition) is 2. The highest BCUT2D eigenvalue weighted by Crippen LogP contribution is 2.37. The van der Waals surface area contributed by atoms with Crippen molar-refractivity contribution in [2.45, 2.75) is 43.0 Å². The summed E-state index contributed by atoms with van der Waals surface area (Å²) in [5.74, 6) is 0.529. The Balaban J connectivity index is 1.56. The third-order valence-electron chi connectivity index (χ3n) is 5.34. The van der Waals surface area contributed by atoms with Crippen molar-refractivity contribution in [2.75, 3.05) is 4.72 Å². The van der Waals surface area contributed by atoms with Gasteiger partial charge < -0.3 is 9.84 Å². The van der Waals surface area contributed by atoms with Crippen LogP contribution in [0.4, 0.5) is 5.69 Å². The summed E-state index contributed by atoms with van der Waals surface area (Å²) in [6.45, 7) is 1.70. The minimum atomic E-state index is -3.93. The maximum absolute atomic E-state index is 13.0. The second-order valence-corrected chi connectivity index (χ2v) is 10.1. The van der Waals surface area contributed by atoms with E-state index in [0.29, 0.717) is 30.1 Å². The lowest BCUT2D eigenvalue weighted by Crippen LogP contribution is -2.44. The van der Waals surface area contributed by atoms with Gasteiger partial charge >= 0.3 is 0 Å². The molecule has 4 rings (SSSR count). The van der Waals surface area contributed by atoms with Gasteiger partial charge in [-0.1, -0.05) is 47.3 Å². The lowest BCUT2D eigenvalue weighted by molar-refractivity contribution is 0.0892. The Morgan fingerprint density at radius 2 is 1.84 bits per heavy atom. The zero-order valence-corrected chi connectivity index (χ0v) is 19.4. The van der Waals surface area contributed by atoms with Gasteiger partial charge in [-0.3, -0.25) is 9.52 Å². The number of nitrogens with zero attached hydrogens (tertiary/aromatic N) is 2. The Morgan fingerprint density at radius 1 is 1.09 bits per heavy atom. The minimum Gasteiger partial charge on any atom is -0.340 e. The Hall–Kier alpha value is -2.62. The number of carbonyl (C=O) groups excluding carboxylic acids is 1. The number of carbonyl (C=O) groups is 1. The van der Waals surface area contributed by atoms with E-state index in [1.165, 1.54) is 24.3 Å². The first kappa shape index (κ1) is 22.6. The van der Waals surface area contributed by atoms with Gasteiger partial charge in [0.15, 0.2) is 5.82 Å². The number of hydrogen-bond acceptors (Lipinski definition) is 6. The van der Waals surface area contributed by atoms with Crippen LogP contribution in [-0.2, 0) is 15.6 Å². The molecule has 0 unspecified atom stereocenters. The molecule has 1 aliphatic rings. The van der Waals surface area contributed by atoms with Crippen LogP contribution >= 0.6 is 23.2 Å². The predicted octanol–water partition coefficient (Wildman–Crippen LogP) is 4.68. The standard InChI is InChI=1S/C21H20Cl2N4O4S/c1-13-24-20(26-31-13)21(9-2-3-10-21)25-19(28)14-5-4-6-15(11-14)27-32(29,30)16-7-8-17(22)18(23)12-16/h4-8,11-12,27H,2-3,9-10H2,1H3,(H,25,28). The molecule has 1 aliphatic carbocycles. The molecule has 1 fully saturated rings. The van der Waals surface area contributed by atoms with Crippen molar-refractivity contribution in [1.29, 1.82) is 0 Å². The molecule has 168 valence electrons. The van der Waals surface area contributed by atoms with E-state index >= 15 is 0 Å². The fourth-order valence-corrected chi connectivity index (χ4v) is 5.19. The van der Waals surface area contributed by atoms with E-state index in [1.54, 1.807) is 25.1 Å². The van der Waals surface area contributed by atoms with E-state index < -0.39 is 15.6 Å². The summed E-state index contributed by atoms with van der Waals surface area (Å²) < 4.78 is 33.0. The van der Waals surface area contributed by atoms with Crippen LogP contribution in [0.5, 0.6) is 0 Å². The van der Waals surface area contributed by atoms with Crippen molar-refractivity contribution < 1.29 is 17.7 Å². The van der Waals surface area contributed by atoms with Crippen LogP contribution < -0.4 is 10.0 Å². The van der Waals surface area contributed by atoms with E-state index in [2.05, 4.69) is 20.2 Å². The molecule has 2 N–H and O–H groups in total. The molecule has 0 atom stereocenters. The number of rotatable bonds is 6. The normalized spacial score (nSPS) is 15.5. The zero-order valence-electron chi connectivity index (χ0n) is 17.1. The summed E-state index contributed by atoms with van der Waals surface area (Å²) in [6.07, 6.45) is 3.25. The molecule has 0 radical (unpaired) electrons. The molecule has 8 nitrogen and oxygen atoms in total. The summed E-state index contributed by atoms with van der Waals surface area (Å²) in [5.41, 5.74) is -0.171. The number of sulfonamides is 1. The summed E-state index contributed by atoms with van der Waals surface area (Å²) in [4.78, 5) is 17.3. The summed E-state index contributed by atoms with van der Waals surface area (Å²) in [7, 11) is -3.93. The third-order valence-corrected chi connectivity index (χ3v) is 7.46. The van der Waals surface area contributed by atoms with Crippen LogP contribution in [-0.4, -0.2) is 24.5 Å². The Labute approximate surface area is 195 Å². The average molecular weight is 495 g/mol. The maximum Gasteiger partial charge on any atom is 0.261 e. The van der Waals surface area contributed by atoms with Crippen molar-refractivity contribution in [1.82, 2.24) is 15.5 Å². The molecule has 0 spiro atoms. The largest absolute Gasteiger partial charge is 0.340 e. The fraction of sp³-hybridized carbons (Fsp3) is 0.286. The minimum absolute atomic E-state index is 0.0425. The highest BCUT2D eigenvalue weighted by Gasteiger charge is 2.41. The van der Waals surface area contributed by atoms with Gasteiger partial charge in [-0.25, -0.2) is 8.42 Å². The molecule has 2 aromatic carbocycles. The molecular weight excluding hydrogens is 475 g/mol. The van der Waals surface area contributed by atoms with Gasteiger partial charge in [0.1, 0.15) is 5.54 Å². The molecule has 11 heteroatoms. The van der Waals surface area contributed by atoms with E-state index in [4.69, 9.17) is 27.7 Å². The van der Waals surface area contributed by atoms with Gasteiger partial charge in [0.05, 0.1) is 14.9 Å². The number of anilines is 1. The van der Waals surface area contributed by atoms with Gasteiger partial charge in [0.2, 0.25) is 5.89 Å². The monoisotopic (exact) mass is 494 g/mol. The van der Waals surface area contributed by atoms with Gasteiger partial charge in [-0.15, -0.1) is 0 Å². The molecule has 1 amide bonds. The number of benzene rings is 2. The van der Waals surface area contributed by atoms with Crippen molar-refractivity contribution in [3.8, 4) is 0 Å². The predicted molar refractivity (Wildman–Crippen MR) is 120 cm³/mol. The number of halogens is 2. The summed E-state index contributed by atoms with van der Waals surface area (Å²) >= 11 is 11.8. The van der Waals surface area contributed by atoms with Gasteiger partial charge in [-0.05, 0) is 49.2 Å². The molecule has 1 heterocycles. The fourth-order valence-electron chi connectivity index (χ4n) is 3.75. The topological polar surface area (TPSA) is 114 Å². The molecule has 0 aliphatic heterocycles. The van der Waals surface area contributed by atoms with Gasteiger partial charge in [0.25, 0.3) is 15.9 Å². The molecule has 0 bridgehead atoms. The zero-order chi connectivity index (χ0) is 22.9. The number of nitrogens with one attached hydrogen (secondary N) is 2.